The Balaban J connectivity index is 1.56. The van der Waals surface area contributed by atoms with Crippen LogP contribution < -0.4 is 0 Å². The highest BCUT2D eigenvalue weighted by atomic mass is 79.9. The molecule has 1 saturated heterocycles. The van der Waals surface area contributed by atoms with Gasteiger partial charge in [-0.05, 0) is 54.0 Å². The smallest absolute Gasteiger partial charge is 0.243 e. The summed E-state index contributed by atoms with van der Waals surface area (Å²) in [5.74, 6) is 0.00668. The monoisotopic (exact) mass is 488 g/mol. The van der Waals surface area contributed by atoms with Crippen molar-refractivity contribution in [1.29, 1.82) is 0 Å². The molecule has 0 saturated carbocycles. The van der Waals surface area contributed by atoms with Crippen LogP contribution in [0.25, 0.3) is 0 Å². The minimum Gasteiger partial charge on any atom is -0.340 e. The van der Waals surface area contributed by atoms with Crippen molar-refractivity contribution in [1.82, 2.24) is 19.0 Å². The first-order chi connectivity index (χ1) is 13.2. The maximum Gasteiger partial charge on any atom is 0.243 e. The van der Waals surface area contributed by atoms with Crippen molar-refractivity contribution in [2.75, 3.05) is 26.2 Å². The summed E-state index contributed by atoms with van der Waals surface area (Å²) in [6.07, 6.45) is 0.332. The number of aromatic nitrogens is 2. The number of hydrogen-bond acceptors (Lipinski definition) is 4. The molecule has 1 aliphatic heterocycles. The van der Waals surface area contributed by atoms with E-state index in [4.69, 9.17) is 11.6 Å². The van der Waals surface area contributed by atoms with Gasteiger partial charge >= 0.3 is 0 Å². The molecule has 1 amide bonds. The Morgan fingerprint density at radius 1 is 1.14 bits per heavy atom. The molecule has 1 aliphatic rings. The van der Waals surface area contributed by atoms with E-state index in [0.717, 1.165) is 15.9 Å². The van der Waals surface area contributed by atoms with Crippen LogP contribution in [0.1, 0.15) is 17.8 Å². The zero-order valence-corrected chi connectivity index (χ0v) is 18.9. The largest absolute Gasteiger partial charge is 0.340 e. The van der Waals surface area contributed by atoms with E-state index in [0.29, 0.717) is 31.1 Å². The van der Waals surface area contributed by atoms with Crippen LogP contribution in [0.5, 0.6) is 0 Å². The number of rotatable bonds is 5. The molecule has 0 aliphatic carbocycles. The number of amides is 1. The molecule has 0 bridgehead atoms. The molecule has 0 unspecified atom stereocenters. The van der Waals surface area contributed by atoms with Gasteiger partial charge in [0, 0.05) is 43.3 Å². The third-order valence-electron chi connectivity index (χ3n) is 4.87. The SMILES string of the molecule is Cc1nn(CCC(=O)N2CCN(S(=O)(=O)c3ccc(Cl)cc3)CC2)c(C)c1Br. The zero-order chi connectivity index (χ0) is 20.5. The molecule has 3 rings (SSSR count). The van der Waals surface area contributed by atoms with Crippen LogP contribution in [0.3, 0.4) is 0 Å². The summed E-state index contributed by atoms with van der Waals surface area (Å²) < 4.78 is 29.6. The van der Waals surface area contributed by atoms with E-state index in [-0.39, 0.29) is 23.9 Å². The minimum atomic E-state index is -3.57. The van der Waals surface area contributed by atoms with Gasteiger partial charge in [0.2, 0.25) is 15.9 Å². The molecular weight excluding hydrogens is 468 g/mol. The Morgan fingerprint density at radius 2 is 1.75 bits per heavy atom. The summed E-state index contributed by atoms with van der Waals surface area (Å²) in [5.41, 5.74) is 1.88. The van der Waals surface area contributed by atoms with E-state index in [1.807, 2.05) is 18.5 Å². The highest BCUT2D eigenvalue weighted by molar-refractivity contribution is 9.10. The number of aryl methyl sites for hydroxylation is 2. The Morgan fingerprint density at radius 3 is 2.29 bits per heavy atom. The molecule has 1 aromatic heterocycles. The summed E-state index contributed by atoms with van der Waals surface area (Å²) in [7, 11) is -3.57. The van der Waals surface area contributed by atoms with Crippen molar-refractivity contribution < 1.29 is 13.2 Å². The summed E-state index contributed by atoms with van der Waals surface area (Å²) in [4.78, 5) is 14.5. The minimum absolute atomic E-state index is 0.00668. The topological polar surface area (TPSA) is 75.5 Å². The van der Waals surface area contributed by atoms with Gasteiger partial charge in [0.15, 0.2) is 0 Å². The number of sulfonamides is 1. The number of carbonyl (C=O) groups excluding carboxylic acids is 1. The van der Waals surface area contributed by atoms with Gasteiger partial charge in [0.05, 0.1) is 21.6 Å². The second-order valence-electron chi connectivity index (χ2n) is 6.70. The van der Waals surface area contributed by atoms with Crippen molar-refractivity contribution >= 4 is 43.5 Å². The van der Waals surface area contributed by atoms with Crippen molar-refractivity contribution in [3.8, 4) is 0 Å². The molecule has 7 nitrogen and oxygen atoms in total. The van der Waals surface area contributed by atoms with E-state index in [9.17, 15) is 13.2 Å². The zero-order valence-electron chi connectivity index (χ0n) is 15.7. The fraction of sp³-hybridized carbons (Fsp3) is 0.444. The molecule has 28 heavy (non-hydrogen) atoms. The van der Waals surface area contributed by atoms with Crippen LogP contribution in [0.2, 0.25) is 5.02 Å². The van der Waals surface area contributed by atoms with Crippen LogP contribution in [0.15, 0.2) is 33.6 Å². The average Bonchev–Trinajstić information content (AvgIpc) is 2.93. The predicted octanol–water partition coefficient (Wildman–Crippen LogP) is 2.84. The number of hydrogen-bond donors (Lipinski definition) is 0. The van der Waals surface area contributed by atoms with Gasteiger partial charge < -0.3 is 4.90 Å². The number of piperazine rings is 1. The Kier molecular flexibility index (Phi) is 6.48. The van der Waals surface area contributed by atoms with Gasteiger partial charge in [0.25, 0.3) is 0 Å². The molecule has 2 aromatic rings. The number of halogens is 2. The van der Waals surface area contributed by atoms with Crippen LogP contribution in [0.4, 0.5) is 0 Å². The fourth-order valence-corrected chi connectivity index (χ4v) is 5.02. The Labute approximate surface area is 178 Å². The van der Waals surface area contributed by atoms with E-state index in [1.54, 1.807) is 17.0 Å². The molecule has 1 fully saturated rings. The molecule has 10 heteroatoms. The van der Waals surface area contributed by atoms with E-state index < -0.39 is 10.0 Å². The summed E-state index contributed by atoms with van der Waals surface area (Å²) in [5, 5.41) is 4.90. The molecule has 0 spiro atoms. The maximum atomic E-state index is 12.7. The van der Waals surface area contributed by atoms with Crippen molar-refractivity contribution in [3.63, 3.8) is 0 Å². The van der Waals surface area contributed by atoms with Crippen LogP contribution >= 0.6 is 27.5 Å². The number of carbonyl (C=O) groups is 1. The lowest BCUT2D eigenvalue weighted by molar-refractivity contribution is -0.132. The molecule has 0 N–H and O–H groups in total. The Bertz CT molecular complexity index is 967. The first kappa shape index (κ1) is 21.3. The molecule has 0 atom stereocenters. The van der Waals surface area contributed by atoms with E-state index in [2.05, 4.69) is 21.0 Å². The lowest BCUT2D eigenvalue weighted by Crippen LogP contribution is -2.50. The standard InChI is InChI=1S/C18H22BrClN4O3S/c1-13-18(19)14(2)24(21-13)8-7-17(25)22-9-11-23(12-10-22)28(26,27)16-5-3-15(20)4-6-16/h3-6H,7-12H2,1-2H3. The van der Waals surface area contributed by atoms with E-state index in [1.165, 1.54) is 16.4 Å². The lowest BCUT2D eigenvalue weighted by atomic mass is 10.3. The van der Waals surface area contributed by atoms with Crippen LogP contribution in [-0.2, 0) is 21.4 Å². The molecule has 0 radical (unpaired) electrons. The predicted molar refractivity (Wildman–Crippen MR) is 111 cm³/mol. The van der Waals surface area contributed by atoms with Crippen molar-refractivity contribution in [3.05, 3.63) is 45.1 Å². The molecular formula is C18H22BrClN4O3S. The number of nitrogens with zero attached hydrogens (tertiary/aromatic N) is 4. The summed E-state index contributed by atoms with van der Waals surface area (Å²) >= 11 is 9.32. The van der Waals surface area contributed by atoms with Gasteiger partial charge in [-0.1, -0.05) is 11.6 Å². The highest BCUT2D eigenvalue weighted by Crippen LogP contribution is 2.21. The first-order valence-electron chi connectivity index (χ1n) is 8.93. The molecule has 152 valence electrons. The third-order valence-corrected chi connectivity index (χ3v) is 8.19. The fourth-order valence-electron chi connectivity index (χ4n) is 3.19. The van der Waals surface area contributed by atoms with Crippen LogP contribution in [0, 0.1) is 13.8 Å². The molecule has 2 heterocycles. The van der Waals surface area contributed by atoms with Gasteiger partial charge in [-0.2, -0.15) is 9.40 Å². The lowest BCUT2D eigenvalue weighted by Gasteiger charge is -2.34. The van der Waals surface area contributed by atoms with Crippen molar-refractivity contribution in [2.45, 2.75) is 31.7 Å². The van der Waals surface area contributed by atoms with Gasteiger partial charge in [-0.3, -0.25) is 9.48 Å². The first-order valence-corrected chi connectivity index (χ1v) is 11.5. The highest BCUT2D eigenvalue weighted by Gasteiger charge is 2.30. The van der Waals surface area contributed by atoms with Gasteiger partial charge in [-0.25, -0.2) is 8.42 Å². The number of benzene rings is 1. The summed E-state index contributed by atoms with van der Waals surface area (Å²) in [6, 6.07) is 6.13. The maximum absolute atomic E-state index is 12.7. The Hall–Kier alpha value is -1.42. The quantitative estimate of drug-likeness (QED) is 0.647. The second kappa shape index (κ2) is 8.52. The summed E-state index contributed by atoms with van der Waals surface area (Å²) in [6.45, 7) is 5.69. The van der Waals surface area contributed by atoms with Crippen LogP contribution in [-0.4, -0.2) is 59.5 Å². The normalized spacial score (nSPS) is 15.8. The van der Waals surface area contributed by atoms with E-state index >= 15 is 0 Å². The second-order valence-corrected chi connectivity index (χ2v) is 9.86. The third kappa shape index (κ3) is 4.42. The van der Waals surface area contributed by atoms with Gasteiger partial charge in [0.1, 0.15) is 0 Å². The molecule has 1 aromatic carbocycles. The average molecular weight is 490 g/mol. The van der Waals surface area contributed by atoms with Gasteiger partial charge in [-0.15, -0.1) is 0 Å². The van der Waals surface area contributed by atoms with Crippen molar-refractivity contribution in [2.24, 2.45) is 0 Å².